The van der Waals surface area contributed by atoms with Crippen LogP contribution in [-0.2, 0) is 4.74 Å². The van der Waals surface area contributed by atoms with Gasteiger partial charge in [-0.15, -0.1) is 0 Å². The first-order valence-corrected chi connectivity index (χ1v) is 6.91. The molecule has 2 atom stereocenters. The summed E-state index contributed by atoms with van der Waals surface area (Å²) in [6.07, 6.45) is -0.319. The third kappa shape index (κ3) is 2.91. The molecule has 2 rings (SSSR count). The van der Waals surface area contributed by atoms with Gasteiger partial charge in [-0.25, -0.2) is 0 Å². The first kappa shape index (κ1) is 14.3. The lowest BCUT2D eigenvalue weighted by molar-refractivity contribution is -0.0667. The van der Waals surface area contributed by atoms with Crippen molar-refractivity contribution in [3.63, 3.8) is 0 Å². The monoisotopic (exact) mass is 328 g/mol. The molecule has 1 aliphatic rings. The predicted molar refractivity (Wildman–Crippen MR) is 75.9 cm³/mol. The van der Waals surface area contributed by atoms with Crippen LogP contribution >= 0.6 is 15.9 Å². The topological polar surface area (TPSA) is 75.8 Å². The predicted octanol–water partition coefficient (Wildman–Crippen LogP) is 1.25. The number of carbonyl (C=O) groups is 1. The van der Waals surface area contributed by atoms with Gasteiger partial charge >= 0.3 is 0 Å². The molecule has 0 bridgehead atoms. The fourth-order valence-electron chi connectivity index (χ4n) is 2.08. The molecule has 3 N–H and O–H groups in total. The maximum atomic E-state index is 12.5. The zero-order chi connectivity index (χ0) is 14.0. The van der Waals surface area contributed by atoms with Gasteiger partial charge < -0.3 is 20.5 Å². The van der Waals surface area contributed by atoms with Crippen LogP contribution in [0.5, 0.6) is 0 Å². The molecule has 1 amide bonds. The summed E-state index contributed by atoms with van der Waals surface area (Å²) in [6.45, 7) is 2.65. The highest BCUT2D eigenvalue weighted by atomic mass is 79.9. The summed E-state index contributed by atoms with van der Waals surface area (Å²) in [7, 11) is 0. The van der Waals surface area contributed by atoms with Crippen molar-refractivity contribution in [2.75, 3.05) is 25.5 Å². The van der Waals surface area contributed by atoms with Crippen LogP contribution in [0.4, 0.5) is 5.69 Å². The number of nitrogens with two attached hydrogens (primary N) is 1. The Balaban J connectivity index is 2.24. The lowest BCUT2D eigenvalue weighted by atomic mass is 10.1. The molecule has 1 saturated heterocycles. The van der Waals surface area contributed by atoms with Crippen LogP contribution < -0.4 is 5.73 Å². The highest BCUT2D eigenvalue weighted by Gasteiger charge is 2.30. The SMILES string of the molecule is CC1COC(CO)CN1C(=O)c1cccc(N)c1Br. The molecule has 1 aromatic rings. The van der Waals surface area contributed by atoms with Crippen LogP contribution in [0.1, 0.15) is 17.3 Å². The van der Waals surface area contributed by atoms with Crippen molar-refractivity contribution in [2.45, 2.75) is 19.1 Å². The molecule has 1 aromatic carbocycles. The van der Waals surface area contributed by atoms with Crippen molar-refractivity contribution in [1.82, 2.24) is 4.90 Å². The maximum absolute atomic E-state index is 12.5. The molecule has 1 aliphatic heterocycles. The van der Waals surface area contributed by atoms with Gasteiger partial charge in [-0.1, -0.05) is 6.07 Å². The number of aliphatic hydroxyl groups is 1. The lowest BCUT2D eigenvalue weighted by Gasteiger charge is -2.37. The fraction of sp³-hybridized carbons (Fsp3) is 0.462. The van der Waals surface area contributed by atoms with Gasteiger partial charge in [0.25, 0.3) is 5.91 Å². The normalized spacial score (nSPS) is 23.4. The van der Waals surface area contributed by atoms with Crippen LogP contribution in [-0.4, -0.2) is 47.8 Å². The minimum absolute atomic E-state index is 0.0244. The average molecular weight is 329 g/mol. The molecule has 1 heterocycles. The van der Waals surface area contributed by atoms with E-state index in [1.807, 2.05) is 6.92 Å². The molecule has 0 saturated carbocycles. The van der Waals surface area contributed by atoms with E-state index in [0.717, 1.165) is 0 Å². The van der Waals surface area contributed by atoms with Crippen LogP contribution in [0.2, 0.25) is 0 Å². The number of amides is 1. The number of rotatable bonds is 2. The van der Waals surface area contributed by atoms with Gasteiger partial charge in [-0.2, -0.15) is 0 Å². The number of hydrogen-bond donors (Lipinski definition) is 2. The van der Waals surface area contributed by atoms with Crippen LogP contribution in [0.15, 0.2) is 22.7 Å². The summed E-state index contributed by atoms with van der Waals surface area (Å²) in [5.74, 6) is -0.103. The number of anilines is 1. The molecular formula is C13H17BrN2O3. The van der Waals surface area contributed by atoms with E-state index in [9.17, 15) is 4.79 Å². The number of halogens is 1. The minimum Gasteiger partial charge on any atom is -0.398 e. The van der Waals surface area contributed by atoms with Gasteiger partial charge in [0.05, 0.1) is 35.4 Å². The van der Waals surface area contributed by atoms with Crippen molar-refractivity contribution in [1.29, 1.82) is 0 Å². The Labute approximate surface area is 120 Å². The number of morpholine rings is 1. The average Bonchev–Trinajstić information content (AvgIpc) is 2.42. The van der Waals surface area contributed by atoms with Crippen LogP contribution in [0.3, 0.4) is 0 Å². The molecule has 19 heavy (non-hydrogen) atoms. The van der Waals surface area contributed by atoms with E-state index in [1.54, 1.807) is 23.1 Å². The zero-order valence-electron chi connectivity index (χ0n) is 10.7. The molecule has 0 spiro atoms. The Hall–Kier alpha value is -1.11. The number of benzene rings is 1. The van der Waals surface area contributed by atoms with E-state index in [1.165, 1.54) is 0 Å². The van der Waals surface area contributed by atoms with Gasteiger partial charge in [-0.05, 0) is 35.0 Å². The Morgan fingerprint density at radius 2 is 2.37 bits per heavy atom. The summed E-state index contributed by atoms with van der Waals surface area (Å²) in [5, 5.41) is 9.15. The second-order valence-electron chi connectivity index (χ2n) is 4.65. The van der Waals surface area contributed by atoms with Gasteiger partial charge in [0.2, 0.25) is 0 Å². The highest BCUT2D eigenvalue weighted by Crippen LogP contribution is 2.26. The first-order valence-electron chi connectivity index (χ1n) is 6.12. The zero-order valence-corrected chi connectivity index (χ0v) is 12.3. The van der Waals surface area contributed by atoms with E-state index in [-0.39, 0.29) is 24.7 Å². The van der Waals surface area contributed by atoms with E-state index < -0.39 is 0 Å². The summed E-state index contributed by atoms with van der Waals surface area (Å²) in [5.41, 5.74) is 6.86. The van der Waals surface area contributed by atoms with E-state index in [2.05, 4.69) is 15.9 Å². The Bertz CT molecular complexity index is 481. The lowest BCUT2D eigenvalue weighted by Crippen LogP contribution is -2.52. The number of nitrogen functional groups attached to an aromatic ring is 1. The summed E-state index contributed by atoms with van der Waals surface area (Å²) in [6, 6.07) is 5.20. The Morgan fingerprint density at radius 3 is 3.05 bits per heavy atom. The first-order chi connectivity index (χ1) is 9.04. The number of ether oxygens (including phenoxy) is 1. The summed E-state index contributed by atoms with van der Waals surface area (Å²) < 4.78 is 6.04. The van der Waals surface area contributed by atoms with Crippen molar-refractivity contribution >= 4 is 27.5 Å². The van der Waals surface area contributed by atoms with Gasteiger partial charge in [0.15, 0.2) is 0 Å². The maximum Gasteiger partial charge on any atom is 0.255 e. The minimum atomic E-state index is -0.319. The van der Waals surface area contributed by atoms with Crippen LogP contribution in [0.25, 0.3) is 0 Å². The smallest absolute Gasteiger partial charge is 0.255 e. The molecule has 0 radical (unpaired) electrons. The van der Waals surface area contributed by atoms with E-state index in [0.29, 0.717) is 28.9 Å². The Kier molecular flexibility index (Phi) is 4.44. The van der Waals surface area contributed by atoms with E-state index in [4.69, 9.17) is 15.6 Å². The van der Waals surface area contributed by atoms with Crippen molar-refractivity contribution in [2.24, 2.45) is 0 Å². The van der Waals surface area contributed by atoms with Gasteiger partial charge in [0.1, 0.15) is 0 Å². The molecule has 6 heteroatoms. The summed E-state index contributed by atoms with van der Waals surface area (Å²) in [4.78, 5) is 14.3. The van der Waals surface area contributed by atoms with Gasteiger partial charge in [-0.3, -0.25) is 4.79 Å². The standard InChI is InChI=1S/C13H17BrN2O3/c1-8-7-19-9(6-17)5-16(8)13(18)10-3-2-4-11(15)12(10)14/h2-4,8-9,17H,5-7,15H2,1H3. The molecular weight excluding hydrogens is 312 g/mol. The highest BCUT2D eigenvalue weighted by molar-refractivity contribution is 9.10. The van der Waals surface area contributed by atoms with Crippen molar-refractivity contribution in [3.05, 3.63) is 28.2 Å². The number of nitrogens with zero attached hydrogens (tertiary/aromatic N) is 1. The molecule has 2 unspecified atom stereocenters. The van der Waals surface area contributed by atoms with Crippen molar-refractivity contribution in [3.8, 4) is 0 Å². The number of hydrogen-bond acceptors (Lipinski definition) is 4. The quantitative estimate of drug-likeness (QED) is 0.801. The van der Waals surface area contributed by atoms with Gasteiger partial charge in [0, 0.05) is 12.2 Å². The Morgan fingerprint density at radius 1 is 1.63 bits per heavy atom. The largest absolute Gasteiger partial charge is 0.398 e. The van der Waals surface area contributed by atoms with E-state index >= 15 is 0 Å². The van der Waals surface area contributed by atoms with Crippen molar-refractivity contribution < 1.29 is 14.6 Å². The molecule has 5 nitrogen and oxygen atoms in total. The second-order valence-corrected chi connectivity index (χ2v) is 5.45. The fourth-order valence-corrected chi connectivity index (χ4v) is 2.51. The molecule has 1 fully saturated rings. The molecule has 104 valence electrons. The number of carbonyl (C=O) groups excluding carboxylic acids is 1. The molecule has 0 aliphatic carbocycles. The third-order valence-electron chi connectivity index (χ3n) is 3.23. The third-order valence-corrected chi connectivity index (χ3v) is 4.11. The number of aliphatic hydroxyl groups excluding tert-OH is 1. The summed E-state index contributed by atoms with van der Waals surface area (Å²) >= 11 is 3.35. The van der Waals surface area contributed by atoms with Crippen LogP contribution in [0, 0.1) is 0 Å². The molecule has 0 aromatic heterocycles. The second kappa shape index (κ2) is 5.90.